The first-order valence-electron chi connectivity index (χ1n) is 8.23. The molecule has 0 fully saturated rings. The van der Waals surface area contributed by atoms with Crippen molar-refractivity contribution in [3.05, 3.63) is 71.8 Å². The van der Waals surface area contributed by atoms with E-state index in [2.05, 4.69) is 0 Å². The SMILES string of the molecule is O=CCCCCCOc1ccc(C=CC(=O)c2ccccc2)cc1. The number of rotatable bonds is 10. The van der Waals surface area contributed by atoms with Gasteiger partial charge in [0.1, 0.15) is 12.0 Å². The fraction of sp³-hybridized carbons (Fsp3) is 0.238. The van der Waals surface area contributed by atoms with Crippen molar-refractivity contribution < 1.29 is 14.3 Å². The first-order valence-corrected chi connectivity index (χ1v) is 8.23. The maximum atomic E-state index is 12.0. The van der Waals surface area contributed by atoms with Crippen LogP contribution in [0.15, 0.2) is 60.7 Å². The van der Waals surface area contributed by atoms with Crippen molar-refractivity contribution in [3.8, 4) is 5.75 Å². The maximum absolute atomic E-state index is 12.0. The molecule has 0 N–H and O–H groups in total. The summed E-state index contributed by atoms with van der Waals surface area (Å²) >= 11 is 0. The summed E-state index contributed by atoms with van der Waals surface area (Å²) in [5.74, 6) is 0.808. The number of hydrogen-bond donors (Lipinski definition) is 0. The van der Waals surface area contributed by atoms with Gasteiger partial charge in [-0.25, -0.2) is 0 Å². The van der Waals surface area contributed by atoms with Crippen molar-refractivity contribution in [1.82, 2.24) is 0 Å². The topological polar surface area (TPSA) is 43.4 Å². The van der Waals surface area contributed by atoms with Crippen molar-refractivity contribution in [1.29, 1.82) is 0 Å². The second-order valence-electron chi connectivity index (χ2n) is 5.50. The molecule has 2 aromatic rings. The molecule has 0 aliphatic carbocycles. The maximum Gasteiger partial charge on any atom is 0.185 e. The predicted molar refractivity (Wildman–Crippen MR) is 96.3 cm³/mol. The Morgan fingerprint density at radius 2 is 1.67 bits per heavy atom. The highest BCUT2D eigenvalue weighted by atomic mass is 16.5. The molecule has 0 heterocycles. The van der Waals surface area contributed by atoms with Gasteiger partial charge < -0.3 is 9.53 Å². The molecule has 0 atom stereocenters. The summed E-state index contributed by atoms with van der Waals surface area (Å²) in [7, 11) is 0. The number of carbonyl (C=O) groups is 2. The molecular weight excluding hydrogens is 300 g/mol. The van der Waals surface area contributed by atoms with Crippen molar-refractivity contribution >= 4 is 18.1 Å². The van der Waals surface area contributed by atoms with Crippen LogP contribution in [0, 0.1) is 0 Å². The Bertz CT molecular complexity index is 657. The number of ketones is 1. The van der Waals surface area contributed by atoms with Crippen LogP contribution in [0.1, 0.15) is 41.6 Å². The Balaban J connectivity index is 1.78. The number of hydrogen-bond acceptors (Lipinski definition) is 3. The summed E-state index contributed by atoms with van der Waals surface area (Å²) in [5.41, 5.74) is 1.64. The summed E-state index contributed by atoms with van der Waals surface area (Å²) < 4.78 is 5.66. The number of benzene rings is 2. The van der Waals surface area contributed by atoms with Crippen LogP contribution in [0.2, 0.25) is 0 Å². The van der Waals surface area contributed by atoms with Crippen LogP contribution < -0.4 is 4.74 Å². The largest absolute Gasteiger partial charge is 0.494 e. The molecule has 0 aliphatic rings. The molecule has 0 radical (unpaired) electrons. The first kappa shape index (κ1) is 17.7. The second-order valence-corrected chi connectivity index (χ2v) is 5.50. The molecule has 3 nitrogen and oxygen atoms in total. The predicted octanol–water partition coefficient (Wildman–Crippen LogP) is 4.72. The van der Waals surface area contributed by atoms with Gasteiger partial charge in [0.05, 0.1) is 6.61 Å². The van der Waals surface area contributed by atoms with E-state index in [1.807, 2.05) is 42.5 Å². The fourth-order valence-corrected chi connectivity index (χ4v) is 2.24. The first-order chi connectivity index (χ1) is 11.8. The van der Waals surface area contributed by atoms with E-state index in [1.165, 1.54) is 0 Å². The lowest BCUT2D eigenvalue weighted by molar-refractivity contribution is -0.107. The van der Waals surface area contributed by atoms with Gasteiger partial charge in [0.15, 0.2) is 5.78 Å². The average Bonchev–Trinajstić information content (AvgIpc) is 2.64. The van der Waals surface area contributed by atoms with E-state index in [0.717, 1.165) is 36.9 Å². The highest BCUT2D eigenvalue weighted by Crippen LogP contribution is 2.14. The molecule has 0 aliphatic heterocycles. The molecular formula is C21H22O3. The Morgan fingerprint density at radius 3 is 2.38 bits per heavy atom. The number of aldehydes is 1. The molecule has 0 saturated carbocycles. The van der Waals surface area contributed by atoms with Crippen molar-refractivity contribution in [2.24, 2.45) is 0 Å². The minimum absolute atomic E-state index is 0.00810. The average molecular weight is 322 g/mol. The van der Waals surface area contributed by atoms with Gasteiger partial charge in [-0.05, 0) is 43.0 Å². The van der Waals surface area contributed by atoms with Gasteiger partial charge in [0, 0.05) is 12.0 Å². The van der Waals surface area contributed by atoms with Gasteiger partial charge in [-0.2, -0.15) is 0 Å². The van der Waals surface area contributed by atoms with E-state index in [9.17, 15) is 9.59 Å². The highest BCUT2D eigenvalue weighted by molar-refractivity contribution is 6.06. The summed E-state index contributed by atoms with van der Waals surface area (Å²) in [6, 6.07) is 16.9. The molecule has 3 heteroatoms. The lowest BCUT2D eigenvalue weighted by Crippen LogP contribution is -1.97. The zero-order valence-electron chi connectivity index (χ0n) is 13.7. The van der Waals surface area contributed by atoms with E-state index in [4.69, 9.17) is 4.74 Å². The van der Waals surface area contributed by atoms with E-state index in [0.29, 0.717) is 18.6 Å². The molecule has 0 unspecified atom stereocenters. The van der Waals surface area contributed by atoms with Crippen molar-refractivity contribution in [3.63, 3.8) is 0 Å². The zero-order valence-corrected chi connectivity index (χ0v) is 13.7. The molecule has 2 rings (SSSR count). The van der Waals surface area contributed by atoms with E-state index in [1.54, 1.807) is 24.3 Å². The van der Waals surface area contributed by atoms with Gasteiger partial charge in [-0.15, -0.1) is 0 Å². The third-order valence-electron chi connectivity index (χ3n) is 3.60. The smallest absolute Gasteiger partial charge is 0.185 e. The van der Waals surface area contributed by atoms with E-state index in [-0.39, 0.29) is 5.78 Å². The summed E-state index contributed by atoms with van der Waals surface area (Å²) in [6.45, 7) is 0.653. The quantitative estimate of drug-likeness (QED) is 0.275. The van der Waals surface area contributed by atoms with Crippen LogP contribution in [0.3, 0.4) is 0 Å². The zero-order chi connectivity index (χ0) is 17.0. The second kappa shape index (κ2) is 10.2. The molecule has 124 valence electrons. The third-order valence-corrected chi connectivity index (χ3v) is 3.60. The number of unbranched alkanes of at least 4 members (excludes halogenated alkanes) is 3. The van der Waals surface area contributed by atoms with Crippen LogP contribution in [0.5, 0.6) is 5.75 Å². The van der Waals surface area contributed by atoms with Crippen molar-refractivity contribution in [2.75, 3.05) is 6.61 Å². The molecule has 0 saturated heterocycles. The minimum atomic E-state index is -0.00810. The lowest BCUT2D eigenvalue weighted by Gasteiger charge is -2.05. The number of ether oxygens (including phenoxy) is 1. The Kier molecular flexibility index (Phi) is 7.48. The van der Waals surface area contributed by atoms with Gasteiger partial charge in [0.25, 0.3) is 0 Å². The normalized spacial score (nSPS) is 10.7. The standard InChI is InChI=1S/C21H22O3/c22-16-6-1-2-7-17-24-20-13-10-18(11-14-20)12-15-21(23)19-8-4-3-5-9-19/h3-5,8-16H,1-2,6-7,17H2. The number of allylic oxidation sites excluding steroid dienone is 1. The third kappa shape index (κ3) is 6.21. The Morgan fingerprint density at radius 1 is 0.917 bits per heavy atom. The van der Waals surface area contributed by atoms with Crippen LogP contribution in [0.25, 0.3) is 6.08 Å². The van der Waals surface area contributed by atoms with Gasteiger partial charge in [0.2, 0.25) is 0 Å². The van der Waals surface area contributed by atoms with Gasteiger partial charge in [-0.3, -0.25) is 4.79 Å². The van der Waals surface area contributed by atoms with E-state index < -0.39 is 0 Å². The van der Waals surface area contributed by atoms with Crippen molar-refractivity contribution in [2.45, 2.75) is 25.7 Å². The molecule has 0 aromatic heterocycles. The van der Waals surface area contributed by atoms with E-state index >= 15 is 0 Å². The Labute approximate surface area is 143 Å². The monoisotopic (exact) mass is 322 g/mol. The molecule has 2 aromatic carbocycles. The van der Waals surface area contributed by atoms with Gasteiger partial charge >= 0.3 is 0 Å². The lowest BCUT2D eigenvalue weighted by atomic mass is 10.1. The fourth-order valence-electron chi connectivity index (χ4n) is 2.24. The van der Waals surface area contributed by atoms with Gasteiger partial charge in [-0.1, -0.05) is 48.5 Å². The molecule has 0 spiro atoms. The molecule has 0 bridgehead atoms. The highest BCUT2D eigenvalue weighted by Gasteiger charge is 2.00. The molecule has 0 amide bonds. The Hall–Kier alpha value is -2.68. The number of carbonyl (C=O) groups excluding carboxylic acids is 2. The van der Waals surface area contributed by atoms with Crippen LogP contribution in [-0.2, 0) is 4.79 Å². The minimum Gasteiger partial charge on any atom is -0.494 e. The summed E-state index contributed by atoms with van der Waals surface area (Å²) in [4.78, 5) is 22.2. The van der Waals surface area contributed by atoms with Crippen LogP contribution >= 0.6 is 0 Å². The summed E-state index contributed by atoms with van der Waals surface area (Å²) in [5, 5.41) is 0. The molecule has 24 heavy (non-hydrogen) atoms. The van der Waals surface area contributed by atoms with Crippen LogP contribution in [0.4, 0.5) is 0 Å². The van der Waals surface area contributed by atoms with Crippen LogP contribution in [-0.4, -0.2) is 18.7 Å². The summed E-state index contributed by atoms with van der Waals surface area (Å²) in [6.07, 6.45) is 7.84.